The summed E-state index contributed by atoms with van der Waals surface area (Å²) in [7, 11) is 1.55. The van der Waals surface area contributed by atoms with Gasteiger partial charge in [0.15, 0.2) is 0 Å². The molecule has 0 amide bonds. The Hall–Kier alpha value is -1.90. The van der Waals surface area contributed by atoms with Crippen LogP contribution in [0, 0.1) is 18.6 Å². The molecular weight excluding hydrogens is 222 g/mol. The quantitative estimate of drug-likeness (QED) is 0.764. The van der Waals surface area contributed by atoms with Crippen LogP contribution in [0.15, 0.2) is 36.4 Å². The largest absolute Gasteiger partial charge is 0.497 e. The molecule has 0 N–H and O–H groups in total. The number of rotatable bonds is 2. The van der Waals surface area contributed by atoms with Crippen LogP contribution in [0.4, 0.5) is 8.78 Å². The molecule has 0 aliphatic rings. The minimum atomic E-state index is -0.557. The van der Waals surface area contributed by atoms with Gasteiger partial charge < -0.3 is 4.74 Å². The van der Waals surface area contributed by atoms with Crippen molar-refractivity contribution in [1.82, 2.24) is 0 Å². The zero-order valence-corrected chi connectivity index (χ0v) is 9.63. The van der Waals surface area contributed by atoms with Gasteiger partial charge in [0.1, 0.15) is 17.4 Å². The van der Waals surface area contributed by atoms with Crippen molar-refractivity contribution in [3.05, 3.63) is 53.6 Å². The highest BCUT2D eigenvalue weighted by Gasteiger charge is 2.13. The van der Waals surface area contributed by atoms with Crippen molar-refractivity contribution in [3.8, 4) is 16.9 Å². The van der Waals surface area contributed by atoms with Crippen molar-refractivity contribution in [1.29, 1.82) is 0 Å². The first-order chi connectivity index (χ1) is 8.13. The molecule has 0 saturated heterocycles. The van der Waals surface area contributed by atoms with Gasteiger partial charge in [-0.3, -0.25) is 0 Å². The zero-order valence-electron chi connectivity index (χ0n) is 9.63. The highest BCUT2D eigenvalue weighted by molar-refractivity contribution is 5.69. The summed E-state index contributed by atoms with van der Waals surface area (Å²) in [6, 6.07) is 8.96. The van der Waals surface area contributed by atoms with Crippen molar-refractivity contribution in [2.45, 2.75) is 6.92 Å². The van der Waals surface area contributed by atoms with Crippen LogP contribution in [-0.2, 0) is 0 Å². The average Bonchev–Trinajstić information content (AvgIpc) is 2.30. The predicted molar refractivity (Wildman–Crippen MR) is 63.1 cm³/mol. The van der Waals surface area contributed by atoms with E-state index in [1.165, 1.54) is 18.2 Å². The van der Waals surface area contributed by atoms with Gasteiger partial charge in [0.2, 0.25) is 0 Å². The van der Waals surface area contributed by atoms with Gasteiger partial charge in [-0.05, 0) is 42.3 Å². The minimum Gasteiger partial charge on any atom is -0.497 e. The Morgan fingerprint density at radius 3 is 2.18 bits per heavy atom. The fourth-order valence-electron chi connectivity index (χ4n) is 1.80. The van der Waals surface area contributed by atoms with E-state index in [4.69, 9.17) is 4.74 Å². The minimum absolute atomic E-state index is 0.00709. The molecule has 88 valence electrons. The number of halogens is 2. The molecule has 2 aromatic rings. The molecule has 0 aliphatic heterocycles. The summed E-state index contributed by atoms with van der Waals surface area (Å²) >= 11 is 0. The van der Waals surface area contributed by atoms with Crippen molar-refractivity contribution in [2.75, 3.05) is 7.11 Å². The van der Waals surface area contributed by atoms with Gasteiger partial charge in [-0.2, -0.15) is 0 Å². The maximum Gasteiger partial charge on any atom is 0.133 e. The maximum absolute atomic E-state index is 13.6. The Kier molecular flexibility index (Phi) is 3.09. The molecule has 0 spiro atoms. The van der Waals surface area contributed by atoms with E-state index in [1.807, 2.05) is 0 Å². The van der Waals surface area contributed by atoms with E-state index in [1.54, 1.807) is 32.2 Å². The second-order valence-corrected chi connectivity index (χ2v) is 3.78. The van der Waals surface area contributed by atoms with E-state index in [0.717, 1.165) is 5.56 Å². The second kappa shape index (κ2) is 4.53. The van der Waals surface area contributed by atoms with Crippen LogP contribution >= 0.6 is 0 Å². The van der Waals surface area contributed by atoms with Crippen LogP contribution in [0.5, 0.6) is 5.75 Å². The van der Waals surface area contributed by atoms with Gasteiger partial charge in [-0.15, -0.1) is 0 Å². The third-order valence-corrected chi connectivity index (χ3v) is 2.67. The lowest BCUT2D eigenvalue weighted by Gasteiger charge is -2.10. The number of hydrogen-bond donors (Lipinski definition) is 0. The molecule has 17 heavy (non-hydrogen) atoms. The zero-order chi connectivity index (χ0) is 12.4. The Morgan fingerprint density at radius 1 is 1.00 bits per heavy atom. The molecule has 0 saturated carbocycles. The molecule has 2 aromatic carbocycles. The summed E-state index contributed by atoms with van der Waals surface area (Å²) in [6.07, 6.45) is 0. The van der Waals surface area contributed by atoms with E-state index in [-0.39, 0.29) is 5.56 Å². The van der Waals surface area contributed by atoms with Gasteiger partial charge >= 0.3 is 0 Å². The lowest BCUT2D eigenvalue weighted by atomic mass is 9.99. The number of benzene rings is 2. The van der Waals surface area contributed by atoms with E-state index in [0.29, 0.717) is 11.3 Å². The first-order valence-corrected chi connectivity index (χ1v) is 5.22. The predicted octanol–water partition coefficient (Wildman–Crippen LogP) is 3.95. The van der Waals surface area contributed by atoms with Crippen molar-refractivity contribution < 1.29 is 13.5 Å². The number of aryl methyl sites for hydroxylation is 1. The smallest absolute Gasteiger partial charge is 0.133 e. The van der Waals surface area contributed by atoms with E-state index in [9.17, 15) is 8.78 Å². The van der Waals surface area contributed by atoms with E-state index >= 15 is 0 Å². The fourth-order valence-corrected chi connectivity index (χ4v) is 1.80. The highest BCUT2D eigenvalue weighted by atomic mass is 19.1. The van der Waals surface area contributed by atoms with Crippen LogP contribution in [0.1, 0.15) is 5.56 Å². The van der Waals surface area contributed by atoms with Gasteiger partial charge in [0.05, 0.1) is 12.7 Å². The molecule has 0 fully saturated rings. The highest BCUT2D eigenvalue weighted by Crippen LogP contribution is 2.30. The summed E-state index contributed by atoms with van der Waals surface area (Å²) in [4.78, 5) is 0. The third-order valence-electron chi connectivity index (χ3n) is 2.67. The molecule has 0 bridgehead atoms. The number of methoxy groups -OCH3 is 1. The molecule has 0 radical (unpaired) electrons. The lowest BCUT2D eigenvalue weighted by Crippen LogP contribution is -1.93. The maximum atomic E-state index is 13.6. The van der Waals surface area contributed by atoms with Crippen LogP contribution < -0.4 is 4.74 Å². The van der Waals surface area contributed by atoms with E-state index < -0.39 is 11.6 Å². The first kappa shape index (κ1) is 11.6. The molecule has 1 nitrogen and oxygen atoms in total. The second-order valence-electron chi connectivity index (χ2n) is 3.78. The molecular formula is C14H12F2O. The molecule has 0 heterocycles. The standard InChI is InChI=1S/C14H12F2O/c1-9-8-10(17-2)6-7-11(9)14-12(15)4-3-5-13(14)16/h3-8H,1-2H3. The molecule has 3 heteroatoms. The Labute approximate surface area is 98.7 Å². The summed E-state index contributed by atoms with van der Waals surface area (Å²) in [5.41, 5.74) is 1.32. The third kappa shape index (κ3) is 2.13. The molecule has 0 aromatic heterocycles. The van der Waals surface area contributed by atoms with Crippen molar-refractivity contribution in [2.24, 2.45) is 0 Å². The Balaban J connectivity index is 2.61. The summed E-state index contributed by atoms with van der Waals surface area (Å²) in [5.74, 6) is -0.445. The first-order valence-electron chi connectivity index (χ1n) is 5.22. The number of hydrogen-bond acceptors (Lipinski definition) is 1. The van der Waals surface area contributed by atoms with Crippen LogP contribution in [0.2, 0.25) is 0 Å². The van der Waals surface area contributed by atoms with Crippen molar-refractivity contribution >= 4 is 0 Å². The summed E-state index contributed by atoms with van der Waals surface area (Å²) in [6.45, 7) is 1.80. The topological polar surface area (TPSA) is 9.23 Å². The van der Waals surface area contributed by atoms with E-state index in [2.05, 4.69) is 0 Å². The van der Waals surface area contributed by atoms with Crippen molar-refractivity contribution in [3.63, 3.8) is 0 Å². The SMILES string of the molecule is COc1ccc(-c2c(F)cccc2F)c(C)c1. The Bertz CT molecular complexity index is 530. The van der Waals surface area contributed by atoms with Gasteiger partial charge in [-0.25, -0.2) is 8.78 Å². The van der Waals surface area contributed by atoms with Crippen LogP contribution in [0.3, 0.4) is 0 Å². The summed E-state index contributed by atoms with van der Waals surface area (Å²) in [5, 5.41) is 0. The van der Waals surface area contributed by atoms with Gasteiger partial charge in [0.25, 0.3) is 0 Å². The van der Waals surface area contributed by atoms with Gasteiger partial charge in [0, 0.05) is 0 Å². The van der Waals surface area contributed by atoms with Crippen LogP contribution in [-0.4, -0.2) is 7.11 Å². The summed E-state index contributed by atoms with van der Waals surface area (Å²) < 4.78 is 32.3. The molecule has 0 atom stereocenters. The lowest BCUT2D eigenvalue weighted by molar-refractivity contribution is 0.414. The molecule has 0 unspecified atom stereocenters. The molecule has 0 aliphatic carbocycles. The average molecular weight is 234 g/mol. The fraction of sp³-hybridized carbons (Fsp3) is 0.143. The van der Waals surface area contributed by atoms with Gasteiger partial charge in [-0.1, -0.05) is 12.1 Å². The van der Waals surface area contributed by atoms with Crippen LogP contribution in [0.25, 0.3) is 11.1 Å². The molecule has 2 rings (SSSR count). The normalized spacial score (nSPS) is 10.4. The Morgan fingerprint density at radius 2 is 1.65 bits per heavy atom. The number of ether oxygens (including phenoxy) is 1. The monoisotopic (exact) mass is 234 g/mol.